The Morgan fingerprint density at radius 1 is 1.10 bits per heavy atom. The van der Waals surface area contributed by atoms with Gasteiger partial charge in [-0.3, -0.25) is 0 Å². The summed E-state index contributed by atoms with van der Waals surface area (Å²) in [6, 6.07) is 12.1. The first kappa shape index (κ1) is 14.0. The maximum absolute atomic E-state index is 12.2. The molecule has 3 heteroatoms. The molecule has 0 aliphatic carbocycles. The summed E-state index contributed by atoms with van der Waals surface area (Å²) in [6.07, 6.45) is 4.17. The smallest absolute Gasteiger partial charge is 0.338 e. The van der Waals surface area contributed by atoms with Crippen molar-refractivity contribution in [2.75, 3.05) is 6.61 Å². The average molecular weight is 298 g/mol. The molecule has 2 nitrogen and oxygen atoms in total. The van der Waals surface area contributed by atoms with Gasteiger partial charge in [0.05, 0.1) is 12.2 Å². The van der Waals surface area contributed by atoms with Gasteiger partial charge in [0.25, 0.3) is 0 Å². The van der Waals surface area contributed by atoms with Crippen LogP contribution < -0.4 is 0 Å². The first-order valence-corrected chi connectivity index (χ1v) is 8.74. The lowest BCUT2D eigenvalue weighted by Crippen LogP contribution is -2.08. The molecular weight excluding hydrogens is 280 g/mol. The Hall–Kier alpha value is -2.00. The average Bonchev–Trinajstić information content (AvgIpc) is 3.01. The van der Waals surface area contributed by atoms with E-state index in [2.05, 4.69) is 35.1 Å². The van der Waals surface area contributed by atoms with Crippen LogP contribution in [0.15, 0.2) is 59.4 Å². The van der Waals surface area contributed by atoms with E-state index in [0.717, 1.165) is 16.7 Å². The summed E-state index contributed by atoms with van der Waals surface area (Å²) in [5.74, 6) is 0.665. The second-order valence-electron chi connectivity index (χ2n) is 4.89. The zero-order valence-corrected chi connectivity index (χ0v) is 12.8. The SMILES string of the molecule is CCOC(=O)c1ccc2ccccc2c1C[SH]1C=CC=C1. The third-order valence-electron chi connectivity index (χ3n) is 3.54. The van der Waals surface area contributed by atoms with Gasteiger partial charge in [0.1, 0.15) is 0 Å². The van der Waals surface area contributed by atoms with Crippen molar-refractivity contribution in [2.24, 2.45) is 0 Å². The Kier molecular flexibility index (Phi) is 4.11. The number of hydrogen-bond acceptors (Lipinski definition) is 2. The molecule has 2 aromatic carbocycles. The summed E-state index contributed by atoms with van der Waals surface area (Å²) < 4.78 is 5.21. The van der Waals surface area contributed by atoms with Crippen molar-refractivity contribution in [3.05, 3.63) is 70.5 Å². The minimum absolute atomic E-state index is 0.222. The summed E-state index contributed by atoms with van der Waals surface area (Å²) >= 11 is 0. The van der Waals surface area contributed by atoms with Gasteiger partial charge in [-0.05, 0) is 40.1 Å². The van der Waals surface area contributed by atoms with Crippen LogP contribution in [-0.4, -0.2) is 12.6 Å². The third kappa shape index (κ3) is 2.88. The predicted octanol–water partition coefficient (Wildman–Crippen LogP) is 4.56. The highest BCUT2D eigenvalue weighted by Gasteiger charge is 2.16. The number of rotatable bonds is 4. The maximum Gasteiger partial charge on any atom is 0.338 e. The number of ether oxygens (including phenoxy) is 1. The van der Waals surface area contributed by atoms with Crippen LogP contribution in [0.4, 0.5) is 0 Å². The summed E-state index contributed by atoms with van der Waals surface area (Å²) in [5, 5.41) is 6.78. The number of thiol groups is 1. The Morgan fingerprint density at radius 3 is 2.62 bits per heavy atom. The fraction of sp³-hybridized carbons (Fsp3) is 0.167. The van der Waals surface area contributed by atoms with E-state index in [-0.39, 0.29) is 16.9 Å². The van der Waals surface area contributed by atoms with Crippen LogP contribution in [0.5, 0.6) is 0 Å². The van der Waals surface area contributed by atoms with Crippen molar-refractivity contribution in [3.8, 4) is 0 Å². The van der Waals surface area contributed by atoms with Gasteiger partial charge in [-0.2, -0.15) is 0 Å². The summed E-state index contributed by atoms with van der Waals surface area (Å²) in [5.41, 5.74) is 1.81. The molecule has 1 aliphatic heterocycles. The van der Waals surface area contributed by atoms with Crippen molar-refractivity contribution in [2.45, 2.75) is 12.7 Å². The minimum Gasteiger partial charge on any atom is -0.462 e. The zero-order chi connectivity index (χ0) is 14.7. The van der Waals surface area contributed by atoms with Crippen LogP contribution >= 0.6 is 10.9 Å². The van der Waals surface area contributed by atoms with Crippen LogP contribution in [0, 0.1) is 0 Å². The van der Waals surface area contributed by atoms with E-state index >= 15 is 0 Å². The molecule has 0 amide bonds. The number of benzene rings is 2. The van der Waals surface area contributed by atoms with Crippen LogP contribution in [-0.2, 0) is 10.5 Å². The molecule has 0 N–H and O–H groups in total. The summed E-state index contributed by atoms with van der Waals surface area (Å²) in [7, 11) is -0.314. The van der Waals surface area contributed by atoms with Gasteiger partial charge in [0.2, 0.25) is 0 Å². The Balaban J connectivity index is 2.10. The molecule has 0 atom stereocenters. The van der Waals surface area contributed by atoms with Crippen molar-refractivity contribution in [3.63, 3.8) is 0 Å². The van der Waals surface area contributed by atoms with E-state index in [4.69, 9.17) is 4.74 Å². The van der Waals surface area contributed by atoms with E-state index in [0.29, 0.717) is 12.2 Å². The molecule has 0 saturated heterocycles. The first-order valence-electron chi connectivity index (χ1n) is 7.08. The van der Waals surface area contributed by atoms with E-state index in [1.54, 1.807) is 0 Å². The lowest BCUT2D eigenvalue weighted by Gasteiger charge is -2.16. The monoisotopic (exact) mass is 298 g/mol. The van der Waals surface area contributed by atoms with Crippen molar-refractivity contribution >= 4 is 27.6 Å². The van der Waals surface area contributed by atoms with Gasteiger partial charge >= 0.3 is 5.97 Å². The molecule has 21 heavy (non-hydrogen) atoms. The van der Waals surface area contributed by atoms with Gasteiger partial charge in [0, 0.05) is 5.75 Å². The standard InChI is InChI=1S/C18H18O2S/c1-2-20-18(19)16-10-9-14-7-3-4-8-15(14)17(16)13-21-11-5-6-12-21/h3-12,21H,2,13H2,1H3. The first-order chi connectivity index (χ1) is 10.3. The molecular formula is C18H18O2S. The van der Waals surface area contributed by atoms with Gasteiger partial charge in [-0.25, -0.2) is 15.7 Å². The number of allylic oxidation sites excluding steroid dienone is 2. The highest BCUT2D eigenvalue weighted by Crippen LogP contribution is 2.39. The van der Waals surface area contributed by atoms with Crippen LogP contribution in [0.1, 0.15) is 22.8 Å². The lowest BCUT2D eigenvalue weighted by atomic mass is 10.00. The van der Waals surface area contributed by atoms with E-state index in [1.807, 2.05) is 31.2 Å². The van der Waals surface area contributed by atoms with Crippen LogP contribution in [0.3, 0.4) is 0 Å². The van der Waals surface area contributed by atoms with E-state index in [1.165, 1.54) is 5.39 Å². The Morgan fingerprint density at radius 2 is 1.86 bits per heavy atom. The maximum atomic E-state index is 12.2. The third-order valence-corrected chi connectivity index (χ3v) is 5.33. The van der Waals surface area contributed by atoms with Gasteiger partial charge in [-0.1, -0.05) is 42.5 Å². The normalized spacial score (nSPS) is 14.8. The van der Waals surface area contributed by atoms with Crippen molar-refractivity contribution in [1.29, 1.82) is 0 Å². The molecule has 108 valence electrons. The Labute approximate surface area is 127 Å². The van der Waals surface area contributed by atoms with Crippen molar-refractivity contribution in [1.82, 2.24) is 0 Å². The minimum atomic E-state index is -0.314. The fourth-order valence-corrected chi connectivity index (χ4v) is 4.22. The number of hydrogen-bond donors (Lipinski definition) is 1. The molecule has 0 bridgehead atoms. The quantitative estimate of drug-likeness (QED) is 0.661. The number of carbonyl (C=O) groups excluding carboxylic acids is 1. The zero-order valence-electron chi connectivity index (χ0n) is 12.0. The lowest BCUT2D eigenvalue weighted by molar-refractivity contribution is 0.0525. The number of fused-ring (bicyclic) bond motifs is 1. The topological polar surface area (TPSA) is 26.3 Å². The van der Waals surface area contributed by atoms with Crippen molar-refractivity contribution < 1.29 is 9.53 Å². The molecule has 0 aromatic heterocycles. The molecule has 1 heterocycles. The molecule has 0 radical (unpaired) electrons. The predicted molar refractivity (Wildman–Crippen MR) is 90.9 cm³/mol. The van der Waals surface area contributed by atoms with Gasteiger partial charge in [0.15, 0.2) is 0 Å². The molecule has 0 unspecified atom stereocenters. The second-order valence-corrected chi connectivity index (χ2v) is 6.83. The molecule has 0 saturated carbocycles. The summed E-state index contributed by atoms with van der Waals surface area (Å²) in [6.45, 7) is 2.24. The largest absolute Gasteiger partial charge is 0.462 e. The fourth-order valence-electron chi connectivity index (χ4n) is 2.56. The molecule has 2 aromatic rings. The molecule has 3 rings (SSSR count). The molecule has 0 spiro atoms. The second kappa shape index (κ2) is 6.19. The number of carbonyl (C=O) groups is 1. The highest BCUT2D eigenvalue weighted by atomic mass is 32.2. The van der Waals surface area contributed by atoms with Crippen LogP contribution in [0.25, 0.3) is 10.8 Å². The van der Waals surface area contributed by atoms with Gasteiger partial charge < -0.3 is 4.74 Å². The van der Waals surface area contributed by atoms with E-state index in [9.17, 15) is 4.79 Å². The molecule has 0 fully saturated rings. The van der Waals surface area contributed by atoms with E-state index < -0.39 is 0 Å². The number of esters is 1. The molecule has 1 aliphatic rings. The highest BCUT2D eigenvalue weighted by molar-refractivity contribution is 8.21. The Bertz CT molecular complexity index is 719. The van der Waals surface area contributed by atoms with Crippen LogP contribution in [0.2, 0.25) is 0 Å². The van der Waals surface area contributed by atoms with Gasteiger partial charge in [-0.15, -0.1) is 0 Å². The summed E-state index contributed by atoms with van der Waals surface area (Å²) in [4.78, 5) is 12.2.